The second kappa shape index (κ2) is 6.36. The van der Waals surface area contributed by atoms with Crippen LogP contribution in [0.3, 0.4) is 0 Å². The molecule has 114 valence electrons. The molecule has 1 aliphatic rings. The number of carbonyl (C=O) groups excluding carboxylic acids is 1. The lowest BCUT2D eigenvalue weighted by atomic mass is 10.1. The van der Waals surface area contributed by atoms with E-state index in [0.717, 1.165) is 27.5 Å². The van der Waals surface area contributed by atoms with Crippen molar-refractivity contribution in [3.8, 4) is 0 Å². The van der Waals surface area contributed by atoms with Gasteiger partial charge in [-0.3, -0.25) is 9.59 Å². The molecule has 0 atom stereocenters. The number of hydrogen-bond donors (Lipinski definition) is 0. The molecule has 0 bridgehead atoms. The minimum absolute atomic E-state index is 0.104. The number of nitrogens with zero attached hydrogens (tertiary/aromatic N) is 1. The molecule has 0 aliphatic heterocycles. The Kier molecular flexibility index (Phi) is 4.47. The van der Waals surface area contributed by atoms with Crippen LogP contribution in [0.15, 0.2) is 35.1 Å². The van der Waals surface area contributed by atoms with Gasteiger partial charge in [-0.2, -0.15) is 0 Å². The Labute approximate surface area is 143 Å². The van der Waals surface area contributed by atoms with E-state index in [-0.39, 0.29) is 5.56 Å². The first kappa shape index (κ1) is 15.5. The Morgan fingerprint density at radius 3 is 2.55 bits per heavy atom. The first-order valence-corrected chi connectivity index (χ1v) is 8.62. The van der Waals surface area contributed by atoms with Crippen LogP contribution in [0, 0.1) is 10.5 Å². The summed E-state index contributed by atoms with van der Waals surface area (Å²) in [5.74, 6) is 0.646. The lowest BCUT2D eigenvalue weighted by Gasteiger charge is -2.15. The summed E-state index contributed by atoms with van der Waals surface area (Å²) in [4.78, 5) is 23.1. The number of rotatable bonds is 5. The molecule has 1 heterocycles. The summed E-state index contributed by atoms with van der Waals surface area (Å²) in [6.07, 6.45) is 4.12. The normalized spacial score (nSPS) is 14.1. The van der Waals surface area contributed by atoms with Crippen LogP contribution < -0.4 is 5.56 Å². The van der Waals surface area contributed by atoms with Gasteiger partial charge in [0.15, 0.2) is 0 Å². The van der Waals surface area contributed by atoms with Crippen LogP contribution in [0.25, 0.3) is 0 Å². The fourth-order valence-electron chi connectivity index (χ4n) is 2.82. The summed E-state index contributed by atoms with van der Waals surface area (Å²) < 4.78 is 2.71. The Balaban J connectivity index is 1.84. The average Bonchev–Trinajstić information content (AvgIpc) is 3.36. The van der Waals surface area contributed by atoms with E-state index in [9.17, 15) is 9.59 Å². The van der Waals surface area contributed by atoms with Crippen molar-refractivity contribution in [2.24, 2.45) is 0 Å². The van der Waals surface area contributed by atoms with Crippen molar-refractivity contribution in [2.75, 3.05) is 0 Å². The maximum absolute atomic E-state index is 12.4. The largest absolute Gasteiger partial charge is 0.311 e. The van der Waals surface area contributed by atoms with Crippen molar-refractivity contribution in [3.05, 3.63) is 66.6 Å². The van der Waals surface area contributed by atoms with Crippen LogP contribution in [-0.4, -0.2) is 10.9 Å². The standard InChI is InChI=1S/C18H18INO2/c1-12-16(15-6-7-15)10-17(19)18(22)20(12)9-8-13-2-4-14(11-21)5-3-13/h2-5,10-11,15H,6-9H2,1H3. The molecule has 1 aliphatic carbocycles. The zero-order valence-corrected chi connectivity index (χ0v) is 14.7. The van der Waals surface area contributed by atoms with Crippen molar-refractivity contribution in [3.63, 3.8) is 0 Å². The molecule has 0 radical (unpaired) electrons. The van der Waals surface area contributed by atoms with Crippen LogP contribution in [0.4, 0.5) is 0 Å². The summed E-state index contributed by atoms with van der Waals surface area (Å²) in [6, 6.07) is 9.62. The van der Waals surface area contributed by atoms with E-state index in [1.54, 1.807) is 0 Å². The van der Waals surface area contributed by atoms with E-state index >= 15 is 0 Å². The molecular formula is C18H18INO2. The summed E-state index contributed by atoms with van der Waals surface area (Å²) in [7, 11) is 0. The maximum Gasteiger partial charge on any atom is 0.264 e. The van der Waals surface area contributed by atoms with Crippen LogP contribution in [0.2, 0.25) is 0 Å². The van der Waals surface area contributed by atoms with Gasteiger partial charge in [-0.15, -0.1) is 0 Å². The number of carbonyl (C=O) groups is 1. The molecule has 0 N–H and O–H groups in total. The summed E-state index contributed by atoms with van der Waals surface area (Å²) >= 11 is 2.14. The summed E-state index contributed by atoms with van der Waals surface area (Å²) in [5, 5.41) is 0. The number of benzene rings is 1. The highest BCUT2D eigenvalue weighted by Crippen LogP contribution is 2.41. The molecule has 0 saturated heterocycles. The number of hydrogen-bond acceptors (Lipinski definition) is 2. The molecule has 0 amide bonds. The molecule has 1 aromatic carbocycles. The second-order valence-electron chi connectivity index (χ2n) is 5.87. The average molecular weight is 407 g/mol. The third-order valence-electron chi connectivity index (χ3n) is 4.31. The van der Waals surface area contributed by atoms with Gasteiger partial charge >= 0.3 is 0 Å². The highest BCUT2D eigenvalue weighted by Gasteiger charge is 2.27. The molecule has 0 spiro atoms. The van der Waals surface area contributed by atoms with Crippen LogP contribution in [-0.2, 0) is 13.0 Å². The van der Waals surface area contributed by atoms with Gasteiger partial charge in [-0.1, -0.05) is 24.3 Å². The fourth-order valence-corrected chi connectivity index (χ4v) is 3.45. The Hall–Kier alpha value is -1.43. The topological polar surface area (TPSA) is 39.1 Å². The fraction of sp³-hybridized carbons (Fsp3) is 0.333. The van der Waals surface area contributed by atoms with Gasteiger partial charge in [0.05, 0.1) is 3.57 Å². The number of aldehydes is 1. The highest BCUT2D eigenvalue weighted by atomic mass is 127. The van der Waals surface area contributed by atoms with E-state index in [2.05, 4.69) is 35.6 Å². The number of aryl methyl sites for hydroxylation is 1. The van der Waals surface area contributed by atoms with E-state index in [4.69, 9.17) is 0 Å². The molecule has 2 aromatic rings. The van der Waals surface area contributed by atoms with Crippen molar-refractivity contribution in [2.45, 2.75) is 38.6 Å². The van der Waals surface area contributed by atoms with Gasteiger partial charge in [0.25, 0.3) is 5.56 Å². The molecule has 1 fully saturated rings. The summed E-state index contributed by atoms with van der Waals surface area (Å²) in [5.41, 5.74) is 4.37. The second-order valence-corrected chi connectivity index (χ2v) is 7.04. The van der Waals surface area contributed by atoms with Crippen LogP contribution >= 0.6 is 22.6 Å². The SMILES string of the molecule is Cc1c(C2CC2)cc(I)c(=O)n1CCc1ccc(C=O)cc1. The Bertz CT molecular complexity index is 758. The van der Waals surface area contributed by atoms with Gasteiger partial charge in [0, 0.05) is 17.8 Å². The van der Waals surface area contributed by atoms with E-state index < -0.39 is 0 Å². The lowest BCUT2D eigenvalue weighted by molar-refractivity contribution is 0.112. The lowest BCUT2D eigenvalue weighted by Crippen LogP contribution is -2.26. The molecule has 1 saturated carbocycles. The molecule has 1 aromatic heterocycles. The molecule has 3 rings (SSSR count). The zero-order chi connectivity index (χ0) is 15.7. The first-order valence-electron chi connectivity index (χ1n) is 7.54. The Morgan fingerprint density at radius 2 is 1.95 bits per heavy atom. The predicted molar refractivity (Wildman–Crippen MR) is 95.7 cm³/mol. The predicted octanol–water partition coefficient (Wildman–Crippen LogP) is 3.69. The minimum Gasteiger partial charge on any atom is -0.311 e. The molecule has 0 unspecified atom stereocenters. The van der Waals surface area contributed by atoms with Crippen LogP contribution in [0.1, 0.15) is 45.9 Å². The van der Waals surface area contributed by atoms with Crippen molar-refractivity contribution < 1.29 is 4.79 Å². The third-order valence-corrected chi connectivity index (χ3v) is 5.08. The summed E-state index contributed by atoms with van der Waals surface area (Å²) in [6.45, 7) is 2.74. The van der Waals surface area contributed by atoms with E-state index in [1.807, 2.05) is 28.8 Å². The molecule has 4 heteroatoms. The molecule has 22 heavy (non-hydrogen) atoms. The van der Waals surface area contributed by atoms with Crippen molar-refractivity contribution in [1.29, 1.82) is 0 Å². The highest BCUT2D eigenvalue weighted by molar-refractivity contribution is 14.1. The van der Waals surface area contributed by atoms with Crippen LogP contribution in [0.5, 0.6) is 0 Å². The number of halogens is 1. The monoisotopic (exact) mass is 407 g/mol. The zero-order valence-electron chi connectivity index (χ0n) is 12.5. The van der Waals surface area contributed by atoms with E-state index in [0.29, 0.717) is 18.0 Å². The van der Waals surface area contributed by atoms with Gasteiger partial charge < -0.3 is 4.57 Å². The Morgan fingerprint density at radius 1 is 1.27 bits per heavy atom. The van der Waals surface area contributed by atoms with Gasteiger partial charge in [-0.05, 0) is 71.9 Å². The smallest absolute Gasteiger partial charge is 0.264 e. The van der Waals surface area contributed by atoms with Gasteiger partial charge in [-0.25, -0.2) is 0 Å². The quantitative estimate of drug-likeness (QED) is 0.560. The van der Waals surface area contributed by atoms with Gasteiger partial charge in [0.1, 0.15) is 6.29 Å². The maximum atomic E-state index is 12.4. The third kappa shape index (κ3) is 3.16. The molecule has 3 nitrogen and oxygen atoms in total. The van der Waals surface area contributed by atoms with Crippen molar-refractivity contribution in [1.82, 2.24) is 4.57 Å². The minimum atomic E-state index is 0.104. The molecular weight excluding hydrogens is 389 g/mol. The number of pyridine rings is 1. The van der Waals surface area contributed by atoms with Crippen molar-refractivity contribution >= 4 is 28.9 Å². The van der Waals surface area contributed by atoms with E-state index in [1.165, 1.54) is 18.4 Å². The number of aromatic nitrogens is 1. The van der Waals surface area contributed by atoms with Gasteiger partial charge in [0.2, 0.25) is 0 Å². The first-order chi connectivity index (χ1) is 10.6.